The van der Waals surface area contributed by atoms with Gasteiger partial charge in [0.1, 0.15) is 17.9 Å². The number of hydrogen-bond acceptors (Lipinski definition) is 6. The van der Waals surface area contributed by atoms with Gasteiger partial charge in [-0.15, -0.1) is 0 Å². The average Bonchev–Trinajstić information content (AvgIpc) is 2.96. The lowest BCUT2D eigenvalue weighted by Crippen LogP contribution is -1.99. The van der Waals surface area contributed by atoms with Crippen molar-refractivity contribution in [3.05, 3.63) is 65.8 Å². The number of benzene rings is 2. The molecule has 1 N–H and O–H groups in total. The van der Waals surface area contributed by atoms with Gasteiger partial charge in [0.15, 0.2) is 0 Å². The van der Waals surface area contributed by atoms with Gasteiger partial charge in [0.25, 0.3) is 0 Å². The van der Waals surface area contributed by atoms with Gasteiger partial charge in [-0.1, -0.05) is 18.2 Å². The molecule has 2 aromatic carbocycles. The second kappa shape index (κ2) is 6.27. The first kappa shape index (κ1) is 16.3. The van der Waals surface area contributed by atoms with Crippen LogP contribution in [0.1, 0.15) is 5.56 Å². The number of ether oxygens (including phenoxy) is 1. The summed E-state index contributed by atoms with van der Waals surface area (Å²) >= 11 is 0. The maximum atomic E-state index is 12.0. The number of nitrogens with one attached hydrogen (secondary N) is 1. The Morgan fingerprint density at radius 3 is 2.73 bits per heavy atom. The Labute approximate surface area is 151 Å². The molecule has 6 nitrogen and oxygen atoms in total. The molecule has 0 aliphatic carbocycles. The lowest BCUT2D eigenvalue weighted by atomic mass is 10.1. The smallest absolute Gasteiger partial charge is 0.200 e. The highest BCUT2D eigenvalue weighted by Gasteiger charge is 2.20. The molecule has 1 aliphatic heterocycles. The molecular formula is C19H15N3O3S. The monoisotopic (exact) mass is 365 g/mol. The molecule has 0 saturated carbocycles. The van der Waals surface area contributed by atoms with Crippen molar-refractivity contribution in [2.75, 3.05) is 12.4 Å². The van der Waals surface area contributed by atoms with E-state index in [-0.39, 0.29) is 0 Å². The summed E-state index contributed by atoms with van der Waals surface area (Å²) in [4.78, 5) is 8.81. The SMILES string of the molecule is COc1ccccc1-c1cc(Nc2ccc3c(c2)S(=O)(=O)C=C3)ncn1. The second-order valence-corrected chi connectivity index (χ2v) is 7.52. The van der Waals surface area contributed by atoms with Crippen LogP contribution < -0.4 is 10.1 Å². The molecule has 0 radical (unpaired) electrons. The number of hydrogen-bond donors (Lipinski definition) is 1. The van der Waals surface area contributed by atoms with Crippen LogP contribution in [0.2, 0.25) is 0 Å². The lowest BCUT2D eigenvalue weighted by molar-refractivity contribution is 0.416. The maximum absolute atomic E-state index is 12.0. The average molecular weight is 365 g/mol. The first-order valence-electron chi connectivity index (χ1n) is 7.86. The van der Waals surface area contributed by atoms with Crippen LogP contribution in [-0.4, -0.2) is 25.5 Å². The minimum absolute atomic E-state index is 0.293. The van der Waals surface area contributed by atoms with Gasteiger partial charge in [0.05, 0.1) is 17.7 Å². The third kappa shape index (κ3) is 2.93. The quantitative estimate of drug-likeness (QED) is 0.760. The molecule has 0 amide bonds. The molecule has 1 aliphatic rings. The lowest BCUT2D eigenvalue weighted by Gasteiger charge is -2.10. The Balaban J connectivity index is 1.67. The van der Waals surface area contributed by atoms with E-state index in [0.29, 0.717) is 33.4 Å². The Morgan fingerprint density at radius 2 is 1.88 bits per heavy atom. The van der Waals surface area contributed by atoms with Crippen LogP contribution in [0.4, 0.5) is 11.5 Å². The summed E-state index contributed by atoms with van der Waals surface area (Å²) in [6.07, 6.45) is 3.05. The van der Waals surface area contributed by atoms with Crippen LogP contribution in [0.5, 0.6) is 5.75 Å². The second-order valence-electron chi connectivity index (χ2n) is 5.71. The Kier molecular flexibility index (Phi) is 3.93. The molecule has 130 valence electrons. The van der Waals surface area contributed by atoms with Gasteiger partial charge in [-0.3, -0.25) is 0 Å². The van der Waals surface area contributed by atoms with Crippen LogP contribution >= 0.6 is 0 Å². The number of sulfone groups is 1. The standard InChI is InChI=1S/C19H15N3O3S/c1-25-17-5-3-2-4-15(17)16-11-19(21-12-20-16)22-14-7-6-13-8-9-26(23,24)18(13)10-14/h2-12H,1H3,(H,20,21,22). The number of rotatable bonds is 4. The van der Waals surface area contributed by atoms with Gasteiger partial charge in [0.2, 0.25) is 9.84 Å². The number of methoxy groups -OCH3 is 1. The van der Waals surface area contributed by atoms with Gasteiger partial charge < -0.3 is 10.1 Å². The normalized spacial score (nSPS) is 14.0. The van der Waals surface area contributed by atoms with E-state index in [1.807, 2.05) is 30.3 Å². The molecular weight excluding hydrogens is 350 g/mol. The summed E-state index contributed by atoms with van der Waals surface area (Å²) in [5.74, 6) is 1.27. The molecule has 3 aromatic rings. The fourth-order valence-electron chi connectivity index (χ4n) is 2.81. The van der Waals surface area contributed by atoms with Crippen molar-refractivity contribution >= 4 is 27.4 Å². The molecule has 7 heteroatoms. The van der Waals surface area contributed by atoms with Crippen molar-refractivity contribution in [3.8, 4) is 17.0 Å². The van der Waals surface area contributed by atoms with Crippen molar-refractivity contribution in [2.24, 2.45) is 0 Å². The molecule has 4 rings (SSSR count). The molecule has 1 aromatic heterocycles. The summed E-state index contributed by atoms with van der Waals surface area (Å²) < 4.78 is 29.4. The van der Waals surface area contributed by atoms with Gasteiger partial charge >= 0.3 is 0 Å². The van der Waals surface area contributed by atoms with Gasteiger partial charge in [0, 0.05) is 22.7 Å². The van der Waals surface area contributed by atoms with Crippen molar-refractivity contribution in [3.63, 3.8) is 0 Å². The largest absolute Gasteiger partial charge is 0.496 e. The van der Waals surface area contributed by atoms with E-state index >= 15 is 0 Å². The number of aromatic nitrogens is 2. The van der Waals surface area contributed by atoms with E-state index in [1.54, 1.807) is 31.4 Å². The molecule has 0 atom stereocenters. The number of para-hydroxylation sites is 1. The van der Waals surface area contributed by atoms with Crippen LogP contribution in [0, 0.1) is 0 Å². The van der Waals surface area contributed by atoms with Crippen LogP contribution in [0.15, 0.2) is 65.2 Å². The van der Waals surface area contributed by atoms with Crippen molar-refractivity contribution in [1.82, 2.24) is 9.97 Å². The number of fused-ring (bicyclic) bond motifs is 1. The summed E-state index contributed by atoms with van der Waals surface area (Å²) in [6.45, 7) is 0. The molecule has 2 heterocycles. The first-order valence-corrected chi connectivity index (χ1v) is 9.41. The highest BCUT2D eigenvalue weighted by atomic mass is 32.2. The molecule has 0 unspecified atom stereocenters. The van der Waals surface area contributed by atoms with Crippen molar-refractivity contribution in [1.29, 1.82) is 0 Å². The van der Waals surface area contributed by atoms with Crippen molar-refractivity contribution in [2.45, 2.75) is 4.90 Å². The summed E-state index contributed by atoms with van der Waals surface area (Å²) in [5, 5.41) is 4.35. The van der Waals surface area contributed by atoms with Crippen LogP contribution in [0.25, 0.3) is 17.3 Å². The van der Waals surface area contributed by atoms with Gasteiger partial charge in [-0.25, -0.2) is 18.4 Å². The fraction of sp³-hybridized carbons (Fsp3) is 0.0526. The maximum Gasteiger partial charge on any atom is 0.200 e. The Bertz CT molecular complexity index is 1120. The highest BCUT2D eigenvalue weighted by molar-refractivity contribution is 7.94. The van der Waals surface area contributed by atoms with E-state index in [2.05, 4.69) is 15.3 Å². The number of nitrogens with zero attached hydrogens (tertiary/aromatic N) is 2. The Hall–Kier alpha value is -3.19. The van der Waals surface area contributed by atoms with Gasteiger partial charge in [-0.05, 0) is 35.9 Å². The molecule has 26 heavy (non-hydrogen) atoms. The van der Waals surface area contributed by atoms with Crippen LogP contribution in [-0.2, 0) is 9.84 Å². The molecule has 0 saturated heterocycles. The van der Waals surface area contributed by atoms with E-state index in [4.69, 9.17) is 4.74 Å². The topological polar surface area (TPSA) is 81.2 Å². The Morgan fingerprint density at radius 1 is 1.04 bits per heavy atom. The summed E-state index contributed by atoms with van der Waals surface area (Å²) in [7, 11) is -1.74. The fourth-order valence-corrected chi connectivity index (χ4v) is 4.04. The third-order valence-electron chi connectivity index (χ3n) is 4.07. The zero-order valence-electron chi connectivity index (χ0n) is 13.9. The molecule has 0 spiro atoms. The third-order valence-corrected chi connectivity index (χ3v) is 5.53. The zero-order valence-corrected chi connectivity index (χ0v) is 14.7. The first-order chi connectivity index (χ1) is 12.6. The van der Waals surface area contributed by atoms with Gasteiger partial charge in [-0.2, -0.15) is 0 Å². The van der Waals surface area contributed by atoms with E-state index in [9.17, 15) is 8.42 Å². The van der Waals surface area contributed by atoms with E-state index in [1.165, 1.54) is 11.7 Å². The predicted molar refractivity (Wildman–Crippen MR) is 100.0 cm³/mol. The predicted octanol–water partition coefficient (Wildman–Crippen LogP) is 3.65. The van der Waals surface area contributed by atoms with E-state index < -0.39 is 9.84 Å². The number of anilines is 2. The minimum Gasteiger partial charge on any atom is -0.496 e. The van der Waals surface area contributed by atoms with E-state index in [0.717, 1.165) is 5.56 Å². The van der Waals surface area contributed by atoms with Crippen LogP contribution in [0.3, 0.4) is 0 Å². The summed E-state index contributed by atoms with van der Waals surface area (Å²) in [6, 6.07) is 14.6. The highest BCUT2D eigenvalue weighted by Crippen LogP contribution is 2.32. The van der Waals surface area contributed by atoms with Crippen molar-refractivity contribution < 1.29 is 13.2 Å². The molecule has 0 bridgehead atoms. The minimum atomic E-state index is -3.35. The molecule has 0 fully saturated rings. The zero-order chi connectivity index (χ0) is 18.1. The summed E-state index contributed by atoms with van der Waals surface area (Å²) in [5.41, 5.74) is 2.88.